The molecule has 7 heteroatoms. The molecule has 0 radical (unpaired) electrons. The number of hydrogen-bond acceptors (Lipinski definition) is 5. The number of thioether (sulfide) groups is 1. The van der Waals surface area contributed by atoms with E-state index in [9.17, 15) is 14.4 Å². The van der Waals surface area contributed by atoms with Crippen LogP contribution in [0.3, 0.4) is 0 Å². The summed E-state index contributed by atoms with van der Waals surface area (Å²) in [6, 6.07) is 13.9. The molecule has 0 aliphatic heterocycles. The van der Waals surface area contributed by atoms with E-state index in [2.05, 4.69) is 10.6 Å². The first-order chi connectivity index (χ1) is 13.5. The zero-order chi connectivity index (χ0) is 20.4. The van der Waals surface area contributed by atoms with Crippen molar-refractivity contribution < 1.29 is 19.1 Å². The predicted octanol–water partition coefficient (Wildman–Crippen LogP) is 4.33. The summed E-state index contributed by atoms with van der Waals surface area (Å²) >= 11 is 1.33. The third kappa shape index (κ3) is 7.08. The fourth-order valence-corrected chi connectivity index (χ4v) is 3.12. The van der Waals surface area contributed by atoms with Crippen molar-refractivity contribution in [3.63, 3.8) is 0 Å². The van der Waals surface area contributed by atoms with E-state index >= 15 is 0 Å². The van der Waals surface area contributed by atoms with Gasteiger partial charge in [0, 0.05) is 17.5 Å². The SMILES string of the molecule is CCCCOC(=O)c1ccc(NC(=O)CSc2ccccc2NC(C)=O)cc1. The molecule has 0 heterocycles. The van der Waals surface area contributed by atoms with Crippen LogP contribution in [0.1, 0.15) is 37.0 Å². The number of benzene rings is 2. The lowest BCUT2D eigenvalue weighted by Gasteiger charge is -2.10. The molecule has 6 nitrogen and oxygen atoms in total. The minimum absolute atomic E-state index is 0.161. The summed E-state index contributed by atoms with van der Waals surface area (Å²) in [5, 5.41) is 5.54. The van der Waals surface area contributed by atoms with Gasteiger partial charge in [0.25, 0.3) is 0 Å². The van der Waals surface area contributed by atoms with Crippen LogP contribution in [0.15, 0.2) is 53.4 Å². The van der Waals surface area contributed by atoms with Gasteiger partial charge in [0.2, 0.25) is 11.8 Å². The van der Waals surface area contributed by atoms with Crippen LogP contribution in [-0.2, 0) is 14.3 Å². The summed E-state index contributed by atoms with van der Waals surface area (Å²) in [7, 11) is 0. The highest BCUT2D eigenvalue weighted by Crippen LogP contribution is 2.27. The lowest BCUT2D eigenvalue weighted by molar-refractivity contribution is -0.114. The van der Waals surface area contributed by atoms with Gasteiger partial charge in [-0.2, -0.15) is 0 Å². The number of ether oxygens (including phenoxy) is 1. The fourth-order valence-electron chi connectivity index (χ4n) is 2.31. The number of rotatable bonds is 9. The highest BCUT2D eigenvalue weighted by molar-refractivity contribution is 8.00. The number of para-hydroxylation sites is 1. The quantitative estimate of drug-likeness (QED) is 0.372. The van der Waals surface area contributed by atoms with Crippen molar-refractivity contribution in [2.75, 3.05) is 23.0 Å². The summed E-state index contributed by atoms with van der Waals surface area (Å²) in [5.74, 6) is -0.514. The van der Waals surface area contributed by atoms with Crippen LogP contribution in [0.4, 0.5) is 11.4 Å². The maximum atomic E-state index is 12.2. The highest BCUT2D eigenvalue weighted by Gasteiger charge is 2.10. The first-order valence-corrected chi connectivity index (χ1v) is 10.0. The van der Waals surface area contributed by atoms with Crippen molar-refractivity contribution in [2.45, 2.75) is 31.6 Å². The molecular weight excluding hydrogens is 376 g/mol. The summed E-state index contributed by atoms with van der Waals surface area (Å²) in [5.41, 5.74) is 1.73. The Bertz CT molecular complexity index is 821. The largest absolute Gasteiger partial charge is 0.462 e. The van der Waals surface area contributed by atoms with Gasteiger partial charge in [-0.05, 0) is 42.8 Å². The monoisotopic (exact) mass is 400 g/mol. The summed E-state index contributed by atoms with van der Waals surface area (Å²) < 4.78 is 5.16. The molecule has 0 aliphatic rings. The average Bonchev–Trinajstić information content (AvgIpc) is 2.67. The number of anilines is 2. The van der Waals surface area contributed by atoms with E-state index in [0.29, 0.717) is 23.5 Å². The van der Waals surface area contributed by atoms with Gasteiger partial charge in [0.1, 0.15) is 0 Å². The number of nitrogens with one attached hydrogen (secondary N) is 2. The van der Waals surface area contributed by atoms with Crippen LogP contribution >= 0.6 is 11.8 Å². The van der Waals surface area contributed by atoms with Gasteiger partial charge in [-0.1, -0.05) is 25.5 Å². The van der Waals surface area contributed by atoms with Crippen molar-refractivity contribution in [3.05, 3.63) is 54.1 Å². The van der Waals surface area contributed by atoms with E-state index < -0.39 is 0 Å². The van der Waals surface area contributed by atoms with Crippen LogP contribution in [0.5, 0.6) is 0 Å². The minimum Gasteiger partial charge on any atom is -0.462 e. The van der Waals surface area contributed by atoms with Gasteiger partial charge < -0.3 is 15.4 Å². The summed E-state index contributed by atoms with van der Waals surface area (Å²) in [4.78, 5) is 36.2. The standard InChI is InChI=1S/C21H24N2O4S/c1-3-4-13-27-21(26)16-9-11-17(12-10-16)23-20(25)14-28-19-8-6-5-7-18(19)22-15(2)24/h5-12H,3-4,13-14H2,1-2H3,(H,22,24)(H,23,25). The molecule has 2 amide bonds. The van der Waals surface area contributed by atoms with Crippen molar-refractivity contribution in [1.29, 1.82) is 0 Å². The number of amides is 2. The predicted molar refractivity (Wildman–Crippen MR) is 112 cm³/mol. The molecule has 0 fully saturated rings. The van der Waals surface area contributed by atoms with Crippen molar-refractivity contribution in [1.82, 2.24) is 0 Å². The second-order valence-electron chi connectivity index (χ2n) is 6.08. The molecular formula is C21H24N2O4S. The highest BCUT2D eigenvalue weighted by atomic mass is 32.2. The Morgan fingerprint density at radius 3 is 2.39 bits per heavy atom. The average molecular weight is 401 g/mol. The van der Waals surface area contributed by atoms with E-state index in [4.69, 9.17) is 4.74 Å². The van der Waals surface area contributed by atoms with Gasteiger partial charge in [-0.15, -0.1) is 11.8 Å². The molecule has 0 saturated heterocycles. The Hall–Kier alpha value is -2.80. The smallest absolute Gasteiger partial charge is 0.338 e. The molecule has 0 spiro atoms. The number of hydrogen-bond donors (Lipinski definition) is 2. The number of carbonyl (C=O) groups is 3. The van der Waals surface area contributed by atoms with E-state index in [0.717, 1.165) is 17.7 Å². The molecule has 2 N–H and O–H groups in total. The zero-order valence-electron chi connectivity index (χ0n) is 16.0. The molecule has 0 unspecified atom stereocenters. The first-order valence-electron chi connectivity index (χ1n) is 9.06. The Morgan fingerprint density at radius 2 is 1.71 bits per heavy atom. The molecule has 2 aromatic carbocycles. The molecule has 28 heavy (non-hydrogen) atoms. The number of esters is 1. The third-order valence-corrected chi connectivity index (χ3v) is 4.77. The van der Waals surface area contributed by atoms with Crippen molar-refractivity contribution >= 4 is 40.9 Å². The first kappa shape index (κ1) is 21.5. The topological polar surface area (TPSA) is 84.5 Å². The van der Waals surface area contributed by atoms with Gasteiger partial charge >= 0.3 is 5.97 Å². The zero-order valence-corrected chi connectivity index (χ0v) is 16.8. The normalized spacial score (nSPS) is 10.2. The molecule has 0 atom stereocenters. The number of carbonyl (C=O) groups excluding carboxylic acids is 3. The van der Waals surface area contributed by atoms with Gasteiger partial charge in [-0.25, -0.2) is 4.79 Å². The van der Waals surface area contributed by atoms with Crippen LogP contribution in [-0.4, -0.2) is 30.1 Å². The van der Waals surface area contributed by atoms with Crippen molar-refractivity contribution in [2.24, 2.45) is 0 Å². The van der Waals surface area contributed by atoms with Crippen LogP contribution in [0, 0.1) is 0 Å². The molecule has 2 aromatic rings. The maximum Gasteiger partial charge on any atom is 0.338 e. The van der Waals surface area contributed by atoms with Gasteiger partial charge in [-0.3, -0.25) is 9.59 Å². The van der Waals surface area contributed by atoms with E-state index in [1.54, 1.807) is 30.3 Å². The van der Waals surface area contributed by atoms with Crippen LogP contribution in [0.2, 0.25) is 0 Å². The maximum absolute atomic E-state index is 12.2. The Morgan fingerprint density at radius 1 is 1.00 bits per heavy atom. The Labute approximate surface area is 169 Å². The summed E-state index contributed by atoms with van der Waals surface area (Å²) in [6.45, 7) is 3.88. The second-order valence-corrected chi connectivity index (χ2v) is 7.10. The molecule has 2 rings (SSSR count). The molecule has 0 bridgehead atoms. The van der Waals surface area contributed by atoms with Crippen molar-refractivity contribution in [3.8, 4) is 0 Å². The van der Waals surface area contributed by atoms with Crippen LogP contribution in [0.25, 0.3) is 0 Å². The van der Waals surface area contributed by atoms with E-state index in [1.807, 2.05) is 25.1 Å². The van der Waals surface area contributed by atoms with E-state index in [1.165, 1.54) is 18.7 Å². The lowest BCUT2D eigenvalue weighted by Crippen LogP contribution is -2.14. The van der Waals surface area contributed by atoms with Crippen LogP contribution < -0.4 is 10.6 Å². The van der Waals surface area contributed by atoms with Gasteiger partial charge in [0.05, 0.1) is 23.6 Å². The Kier molecular flexibility index (Phi) is 8.55. The fraction of sp³-hybridized carbons (Fsp3) is 0.286. The molecule has 0 aliphatic carbocycles. The van der Waals surface area contributed by atoms with E-state index in [-0.39, 0.29) is 23.5 Å². The summed E-state index contributed by atoms with van der Waals surface area (Å²) in [6.07, 6.45) is 1.80. The van der Waals surface area contributed by atoms with Gasteiger partial charge in [0.15, 0.2) is 0 Å². The third-order valence-electron chi connectivity index (χ3n) is 3.69. The second kappa shape index (κ2) is 11.1. The number of unbranched alkanes of at least 4 members (excludes halogenated alkanes) is 1. The molecule has 148 valence electrons. The molecule has 0 aromatic heterocycles. The Balaban J connectivity index is 1.87. The lowest BCUT2D eigenvalue weighted by atomic mass is 10.2. The minimum atomic E-state index is -0.364. The molecule has 0 saturated carbocycles.